The van der Waals surface area contributed by atoms with Crippen LogP contribution in [0.3, 0.4) is 0 Å². The molecule has 1 aromatic carbocycles. The second kappa shape index (κ2) is 3.83. The van der Waals surface area contributed by atoms with Gasteiger partial charge in [0.2, 0.25) is 0 Å². The largest absolute Gasteiger partial charge is 0.0836 e. The van der Waals surface area contributed by atoms with Crippen LogP contribution in [0.5, 0.6) is 0 Å². The van der Waals surface area contributed by atoms with E-state index in [1.165, 1.54) is 30.4 Å². The van der Waals surface area contributed by atoms with Gasteiger partial charge in [0.05, 0.1) is 0 Å². The molecule has 1 saturated carbocycles. The van der Waals surface area contributed by atoms with Crippen molar-refractivity contribution in [3.8, 4) is 0 Å². The van der Waals surface area contributed by atoms with Crippen molar-refractivity contribution in [3.05, 3.63) is 35.4 Å². The molecule has 70 valence electrons. The van der Waals surface area contributed by atoms with Gasteiger partial charge in [-0.15, -0.1) is 0 Å². The molecule has 0 heterocycles. The van der Waals surface area contributed by atoms with E-state index in [1.54, 1.807) is 0 Å². The highest BCUT2D eigenvalue weighted by Gasteiger charge is 2.25. The summed E-state index contributed by atoms with van der Waals surface area (Å²) in [4.78, 5) is 0.585. The number of benzene rings is 1. The van der Waals surface area contributed by atoms with Crippen LogP contribution >= 0.6 is 15.9 Å². The Bertz CT molecular complexity index is 272. The number of hydrogen-bond acceptors (Lipinski definition) is 0. The third kappa shape index (κ3) is 1.96. The molecule has 1 aromatic rings. The standard InChI is InChI=1S/C12H15Br/c1-9-5-7-11(8-6-9)12(13)10-3-2-4-10/h5-8,10,12H,2-4H2,1H3/t12-/m1/s1. The molecule has 0 unspecified atom stereocenters. The van der Waals surface area contributed by atoms with Crippen LogP contribution in [0.25, 0.3) is 0 Å². The van der Waals surface area contributed by atoms with Crippen molar-refractivity contribution in [1.29, 1.82) is 0 Å². The zero-order valence-corrected chi connectivity index (χ0v) is 9.55. The molecule has 0 saturated heterocycles. The molecule has 0 N–H and O–H groups in total. The molecule has 0 aromatic heterocycles. The Hall–Kier alpha value is -0.300. The summed E-state index contributed by atoms with van der Waals surface area (Å²) in [5.41, 5.74) is 2.78. The van der Waals surface area contributed by atoms with Crippen LogP contribution in [0.15, 0.2) is 24.3 Å². The van der Waals surface area contributed by atoms with Crippen molar-refractivity contribution in [3.63, 3.8) is 0 Å². The van der Waals surface area contributed by atoms with E-state index in [9.17, 15) is 0 Å². The van der Waals surface area contributed by atoms with Gasteiger partial charge in [0.25, 0.3) is 0 Å². The van der Waals surface area contributed by atoms with Gasteiger partial charge in [0, 0.05) is 4.83 Å². The zero-order chi connectivity index (χ0) is 9.26. The van der Waals surface area contributed by atoms with Crippen molar-refractivity contribution in [2.45, 2.75) is 31.0 Å². The van der Waals surface area contributed by atoms with E-state index in [1.807, 2.05) is 0 Å². The molecule has 0 aliphatic heterocycles. The Kier molecular flexibility index (Phi) is 2.73. The molecule has 1 aliphatic rings. The molecule has 2 rings (SSSR count). The average molecular weight is 239 g/mol. The van der Waals surface area contributed by atoms with Gasteiger partial charge < -0.3 is 0 Å². The summed E-state index contributed by atoms with van der Waals surface area (Å²) in [6, 6.07) is 8.88. The highest BCUT2D eigenvalue weighted by molar-refractivity contribution is 9.09. The first-order valence-electron chi connectivity index (χ1n) is 4.98. The lowest BCUT2D eigenvalue weighted by Crippen LogP contribution is -2.16. The molecule has 0 bridgehead atoms. The number of halogens is 1. The Morgan fingerprint density at radius 1 is 1.23 bits per heavy atom. The van der Waals surface area contributed by atoms with Gasteiger partial charge in [-0.05, 0) is 31.2 Å². The van der Waals surface area contributed by atoms with E-state index in [0.29, 0.717) is 4.83 Å². The van der Waals surface area contributed by atoms with E-state index in [2.05, 4.69) is 47.1 Å². The molecular weight excluding hydrogens is 224 g/mol. The van der Waals surface area contributed by atoms with Gasteiger partial charge in [-0.25, -0.2) is 0 Å². The topological polar surface area (TPSA) is 0 Å². The minimum atomic E-state index is 0.585. The molecule has 0 nitrogen and oxygen atoms in total. The molecule has 0 radical (unpaired) electrons. The van der Waals surface area contributed by atoms with E-state index in [0.717, 1.165) is 5.92 Å². The predicted molar refractivity (Wildman–Crippen MR) is 60.2 cm³/mol. The Balaban J connectivity index is 2.10. The minimum Gasteiger partial charge on any atom is -0.0836 e. The first kappa shape index (κ1) is 9.26. The van der Waals surface area contributed by atoms with E-state index in [-0.39, 0.29) is 0 Å². The first-order chi connectivity index (χ1) is 6.27. The molecule has 1 heteroatoms. The van der Waals surface area contributed by atoms with Gasteiger partial charge >= 0.3 is 0 Å². The third-order valence-electron chi connectivity index (χ3n) is 2.96. The summed E-state index contributed by atoms with van der Waals surface area (Å²) in [5.74, 6) is 0.878. The molecule has 0 amide bonds. The van der Waals surface area contributed by atoms with Gasteiger partial charge in [-0.2, -0.15) is 0 Å². The highest BCUT2D eigenvalue weighted by Crippen LogP contribution is 2.42. The lowest BCUT2D eigenvalue weighted by molar-refractivity contribution is 0.312. The second-order valence-corrected chi connectivity index (χ2v) is 4.99. The lowest BCUT2D eigenvalue weighted by Gasteiger charge is -2.30. The fourth-order valence-electron chi connectivity index (χ4n) is 1.75. The Labute approximate surface area is 88.5 Å². The van der Waals surface area contributed by atoms with Crippen LogP contribution in [0.4, 0.5) is 0 Å². The molecule has 1 aliphatic carbocycles. The molecule has 1 atom stereocenters. The number of alkyl halides is 1. The summed E-state index contributed by atoms with van der Waals surface area (Å²) in [7, 11) is 0. The second-order valence-electron chi connectivity index (χ2n) is 4.00. The number of rotatable bonds is 2. The van der Waals surface area contributed by atoms with Gasteiger partial charge in [-0.3, -0.25) is 0 Å². The Morgan fingerprint density at radius 2 is 1.85 bits per heavy atom. The fraction of sp³-hybridized carbons (Fsp3) is 0.500. The van der Waals surface area contributed by atoms with Crippen molar-refractivity contribution in [2.75, 3.05) is 0 Å². The maximum Gasteiger partial charge on any atom is 0.0423 e. The summed E-state index contributed by atoms with van der Waals surface area (Å²) in [5, 5.41) is 0. The SMILES string of the molecule is Cc1ccc([C@H](Br)C2CCC2)cc1. The Morgan fingerprint density at radius 3 is 2.31 bits per heavy atom. The van der Waals surface area contributed by atoms with Crippen molar-refractivity contribution in [2.24, 2.45) is 5.92 Å². The van der Waals surface area contributed by atoms with Gasteiger partial charge in [0.15, 0.2) is 0 Å². The van der Waals surface area contributed by atoms with Crippen LogP contribution in [0.1, 0.15) is 35.2 Å². The molecule has 0 spiro atoms. The normalized spacial score (nSPS) is 19.5. The summed E-state index contributed by atoms with van der Waals surface area (Å²) in [6.45, 7) is 2.14. The highest BCUT2D eigenvalue weighted by atomic mass is 79.9. The van der Waals surface area contributed by atoms with Crippen LogP contribution in [0.2, 0.25) is 0 Å². The van der Waals surface area contributed by atoms with Gasteiger partial charge in [-0.1, -0.05) is 52.2 Å². The van der Waals surface area contributed by atoms with Crippen LogP contribution in [-0.2, 0) is 0 Å². The van der Waals surface area contributed by atoms with Gasteiger partial charge in [0.1, 0.15) is 0 Å². The van der Waals surface area contributed by atoms with Crippen LogP contribution in [-0.4, -0.2) is 0 Å². The van der Waals surface area contributed by atoms with E-state index < -0.39 is 0 Å². The number of hydrogen-bond donors (Lipinski definition) is 0. The maximum absolute atomic E-state index is 3.79. The van der Waals surface area contributed by atoms with Crippen molar-refractivity contribution < 1.29 is 0 Å². The maximum atomic E-state index is 3.79. The lowest BCUT2D eigenvalue weighted by atomic mass is 9.81. The zero-order valence-electron chi connectivity index (χ0n) is 7.96. The predicted octanol–water partition coefficient (Wildman–Crippen LogP) is 4.23. The quantitative estimate of drug-likeness (QED) is 0.677. The van der Waals surface area contributed by atoms with E-state index >= 15 is 0 Å². The molecule has 13 heavy (non-hydrogen) atoms. The monoisotopic (exact) mass is 238 g/mol. The minimum absolute atomic E-state index is 0.585. The fourth-order valence-corrected chi connectivity index (χ4v) is 2.59. The number of aryl methyl sites for hydroxylation is 1. The average Bonchev–Trinajstić information content (AvgIpc) is 2.02. The van der Waals surface area contributed by atoms with E-state index in [4.69, 9.17) is 0 Å². The molecule has 1 fully saturated rings. The van der Waals surface area contributed by atoms with Crippen LogP contribution < -0.4 is 0 Å². The molecular formula is C12H15Br. The van der Waals surface area contributed by atoms with Crippen molar-refractivity contribution in [1.82, 2.24) is 0 Å². The van der Waals surface area contributed by atoms with Crippen molar-refractivity contribution >= 4 is 15.9 Å². The summed E-state index contributed by atoms with van der Waals surface area (Å²) in [6.07, 6.45) is 4.20. The first-order valence-corrected chi connectivity index (χ1v) is 5.89. The van der Waals surface area contributed by atoms with Crippen LogP contribution in [0, 0.1) is 12.8 Å². The smallest absolute Gasteiger partial charge is 0.0423 e. The summed E-state index contributed by atoms with van der Waals surface area (Å²) < 4.78 is 0. The summed E-state index contributed by atoms with van der Waals surface area (Å²) >= 11 is 3.79. The third-order valence-corrected chi connectivity index (χ3v) is 4.24.